The Bertz CT molecular complexity index is 249. The zero-order valence-corrected chi connectivity index (χ0v) is 5.90. The maximum Gasteiger partial charge on any atom is 0.381 e. The average Bonchev–Trinajstić information content (AvgIpc) is 2.53. The number of nitrogens with zero attached hydrogens (tertiary/aromatic N) is 1. The van der Waals surface area contributed by atoms with Crippen LogP contribution in [0.4, 0.5) is 0 Å². The Morgan fingerprint density at radius 1 is 1.64 bits per heavy atom. The first kappa shape index (κ1) is 7.53. The molecule has 0 unspecified atom stereocenters. The molecule has 1 aliphatic rings. The van der Waals surface area contributed by atoms with Crippen molar-refractivity contribution in [3.63, 3.8) is 0 Å². The van der Waals surface area contributed by atoms with E-state index in [1.807, 2.05) is 0 Å². The van der Waals surface area contributed by atoms with Crippen molar-refractivity contribution in [2.24, 2.45) is 4.99 Å². The second-order valence-electron chi connectivity index (χ2n) is 1.84. The standard InChI is InChI=1S/C7H6NO3/c1-11-7(10)6(9)5-3-2-4-8-5/h2-4H,1H3. The number of carbonyl (C=O) groups excluding carboxylic acids is 1. The highest BCUT2D eigenvalue weighted by Gasteiger charge is 2.15. The molecule has 0 spiro atoms. The number of carbonyl (C=O) groups is 1. The summed E-state index contributed by atoms with van der Waals surface area (Å²) in [4.78, 5) is 14.2. The zero-order chi connectivity index (χ0) is 8.27. The smallest absolute Gasteiger partial charge is 0.381 e. The molecule has 0 aromatic heterocycles. The highest BCUT2D eigenvalue weighted by atomic mass is 16.5. The van der Waals surface area contributed by atoms with Crippen LogP contribution in [0.25, 0.3) is 0 Å². The van der Waals surface area contributed by atoms with Gasteiger partial charge in [-0.15, -0.1) is 0 Å². The van der Waals surface area contributed by atoms with Crippen molar-refractivity contribution in [2.75, 3.05) is 7.11 Å². The topological polar surface area (TPSA) is 58.6 Å². The SMILES string of the molecule is COC(=O)C([O])=C1C=CC=N1. The van der Waals surface area contributed by atoms with Gasteiger partial charge < -0.3 is 4.74 Å². The van der Waals surface area contributed by atoms with E-state index in [-0.39, 0.29) is 5.70 Å². The summed E-state index contributed by atoms with van der Waals surface area (Å²) in [5.41, 5.74) is 0.122. The van der Waals surface area contributed by atoms with Gasteiger partial charge in [-0.2, -0.15) is 0 Å². The summed E-state index contributed by atoms with van der Waals surface area (Å²) in [6.07, 6.45) is 4.48. The van der Waals surface area contributed by atoms with Crippen molar-refractivity contribution in [3.05, 3.63) is 23.6 Å². The fourth-order valence-electron chi connectivity index (χ4n) is 0.632. The highest BCUT2D eigenvalue weighted by molar-refractivity contribution is 5.89. The molecule has 0 bridgehead atoms. The van der Waals surface area contributed by atoms with Crippen LogP contribution < -0.4 is 0 Å². The molecule has 0 saturated carbocycles. The van der Waals surface area contributed by atoms with E-state index in [1.54, 1.807) is 6.08 Å². The Morgan fingerprint density at radius 3 is 2.82 bits per heavy atom. The summed E-state index contributed by atoms with van der Waals surface area (Å²) in [7, 11) is 1.16. The minimum absolute atomic E-state index is 0.122. The van der Waals surface area contributed by atoms with Crippen LogP contribution in [0.1, 0.15) is 0 Å². The maximum atomic E-state index is 10.9. The number of allylic oxidation sites excluding steroid dienone is 2. The normalized spacial score (nSPS) is 18.6. The van der Waals surface area contributed by atoms with Crippen molar-refractivity contribution >= 4 is 12.2 Å². The lowest BCUT2D eigenvalue weighted by Crippen LogP contribution is -2.04. The van der Waals surface area contributed by atoms with Crippen LogP contribution in [0.5, 0.6) is 0 Å². The molecule has 4 heteroatoms. The summed E-state index contributed by atoms with van der Waals surface area (Å²) in [6.45, 7) is 0. The molecule has 0 aromatic rings. The predicted molar refractivity (Wildman–Crippen MR) is 37.4 cm³/mol. The average molecular weight is 152 g/mol. The third-order valence-corrected chi connectivity index (χ3v) is 1.16. The summed E-state index contributed by atoms with van der Waals surface area (Å²) in [6, 6.07) is 0. The number of hydrogen-bond acceptors (Lipinski definition) is 3. The molecular formula is C7H6NO3. The van der Waals surface area contributed by atoms with Crippen LogP contribution in [0.3, 0.4) is 0 Å². The van der Waals surface area contributed by atoms with Gasteiger partial charge >= 0.3 is 5.97 Å². The van der Waals surface area contributed by atoms with E-state index in [4.69, 9.17) is 0 Å². The lowest BCUT2D eigenvalue weighted by Gasteiger charge is -1.93. The number of ether oxygens (including phenoxy) is 1. The third-order valence-electron chi connectivity index (χ3n) is 1.16. The molecule has 1 rings (SSSR count). The summed E-state index contributed by atoms with van der Waals surface area (Å²) >= 11 is 0. The van der Waals surface area contributed by atoms with Gasteiger partial charge in [-0.3, -0.25) is 10.1 Å². The first-order chi connectivity index (χ1) is 5.25. The monoisotopic (exact) mass is 152 g/mol. The first-order valence-corrected chi connectivity index (χ1v) is 2.96. The molecule has 1 aliphatic heterocycles. The van der Waals surface area contributed by atoms with Gasteiger partial charge in [0, 0.05) is 6.21 Å². The molecule has 4 nitrogen and oxygen atoms in total. The summed E-state index contributed by atoms with van der Waals surface area (Å²) < 4.78 is 4.21. The lowest BCUT2D eigenvalue weighted by atomic mass is 10.3. The van der Waals surface area contributed by atoms with Crippen molar-refractivity contribution in [1.29, 1.82) is 0 Å². The molecule has 1 heterocycles. The summed E-state index contributed by atoms with van der Waals surface area (Å²) in [5.74, 6) is -1.60. The van der Waals surface area contributed by atoms with Crippen molar-refractivity contribution in [3.8, 4) is 0 Å². The van der Waals surface area contributed by atoms with Gasteiger partial charge in [0.15, 0.2) is 0 Å². The van der Waals surface area contributed by atoms with E-state index in [0.29, 0.717) is 0 Å². The Balaban J connectivity index is 2.87. The molecule has 0 N–H and O–H groups in total. The van der Waals surface area contributed by atoms with Gasteiger partial charge in [-0.1, -0.05) is 0 Å². The van der Waals surface area contributed by atoms with Crippen molar-refractivity contribution < 1.29 is 14.6 Å². The number of methoxy groups -OCH3 is 1. The lowest BCUT2D eigenvalue weighted by molar-refractivity contribution is -0.140. The third kappa shape index (κ3) is 1.46. The van der Waals surface area contributed by atoms with Gasteiger partial charge in [0.1, 0.15) is 5.70 Å². The number of rotatable bonds is 1. The summed E-state index contributed by atoms with van der Waals surface area (Å²) in [5, 5.41) is 10.9. The molecule has 0 aromatic carbocycles. The molecule has 1 radical (unpaired) electrons. The molecule has 11 heavy (non-hydrogen) atoms. The van der Waals surface area contributed by atoms with Crippen LogP contribution in [-0.4, -0.2) is 19.3 Å². The molecule has 0 fully saturated rings. The predicted octanol–water partition coefficient (Wildman–Crippen LogP) is 0.442. The van der Waals surface area contributed by atoms with Gasteiger partial charge in [0.25, 0.3) is 5.76 Å². The van der Waals surface area contributed by atoms with E-state index < -0.39 is 11.7 Å². The van der Waals surface area contributed by atoms with Crippen molar-refractivity contribution in [1.82, 2.24) is 0 Å². The van der Waals surface area contributed by atoms with Crippen LogP contribution in [0, 0.1) is 0 Å². The van der Waals surface area contributed by atoms with E-state index >= 15 is 0 Å². The van der Waals surface area contributed by atoms with Gasteiger partial charge in [-0.05, 0) is 12.2 Å². The number of esters is 1. The molecule has 0 saturated heterocycles. The zero-order valence-electron chi connectivity index (χ0n) is 5.90. The van der Waals surface area contributed by atoms with Crippen LogP contribution in [-0.2, 0) is 14.6 Å². The Kier molecular flexibility index (Phi) is 2.06. The van der Waals surface area contributed by atoms with Crippen molar-refractivity contribution in [2.45, 2.75) is 0 Å². The van der Waals surface area contributed by atoms with Crippen LogP contribution in [0.15, 0.2) is 28.6 Å². The Labute approximate surface area is 63.5 Å². The quantitative estimate of drug-likeness (QED) is 0.311. The molecule has 0 amide bonds. The molecule has 0 atom stereocenters. The maximum absolute atomic E-state index is 10.9. The Morgan fingerprint density at radius 2 is 2.36 bits per heavy atom. The second kappa shape index (κ2) is 3.01. The highest BCUT2D eigenvalue weighted by Crippen LogP contribution is 2.10. The minimum Gasteiger partial charge on any atom is -0.463 e. The first-order valence-electron chi connectivity index (χ1n) is 2.96. The number of hydrogen-bond donors (Lipinski definition) is 0. The van der Waals surface area contributed by atoms with E-state index in [0.717, 1.165) is 7.11 Å². The Hall–Kier alpha value is -1.58. The van der Waals surface area contributed by atoms with E-state index in [9.17, 15) is 9.90 Å². The van der Waals surface area contributed by atoms with E-state index in [1.165, 1.54) is 12.3 Å². The molecular weight excluding hydrogens is 146 g/mol. The number of aliphatic imine (C=N–C) groups is 1. The van der Waals surface area contributed by atoms with Crippen LogP contribution in [0.2, 0.25) is 0 Å². The van der Waals surface area contributed by atoms with E-state index in [2.05, 4.69) is 9.73 Å². The van der Waals surface area contributed by atoms with Gasteiger partial charge in [0.05, 0.1) is 7.11 Å². The largest absolute Gasteiger partial charge is 0.463 e. The van der Waals surface area contributed by atoms with Gasteiger partial charge in [-0.25, -0.2) is 4.79 Å². The fourth-order valence-corrected chi connectivity index (χ4v) is 0.632. The van der Waals surface area contributed by atoms with Crippen LogP contribution >= 0.6 is 0 Å². The fraction of sp³-hybridized carbons (Fsp3) is 0.143. The molecule has 57 valence electrons. The molecule has 0 aliphatic carbocycles. The van der Waals surface area contributed by atoms with Gasteiger partial charge in [0.2, 0.25) is 0 Å². The second-order valence-corrected chi connectivity index (χ2v) is 1.84. The minimum atomic E-state index is -0.885.